The number of carbonyl (C=O) groups excluding carboxylic acids is 2. The second-order valence-corrected chi connectivity index (χ2v) is 4.49. The predicted octanol–water partition coefficient (Wildman–Crippen LogP) is 1.46. The van der Waals surface area contributed by atoms with Crippen molar-refractivity contribution in [1.82, 2.24) is 4.90 Å². The molecule has 5 nitrogen and oxygen atoms in total. The summed E-state index contributed by atoms with van der Waals surface area (Å²) in [5.74, 6) is -0.785. The number of nitrogens with two attached hydrogens (primary N) is 1. The molecule has 1 aromatic rings. The van der Waals surface area contributed by atoms with Crippen LogP contribution in [-0.4, -0.2) is 29.8 Å². The SMILES string of the molecule is CN1C(=O)CC(Nc2ccc(C(F)(F)F)cc2N)C1=O. The van der Waals surface area contributed by atoms with Gasteiger partial charge in [-0.15, -0.1) is 0 Å². The molecule has 0 aliphatic carbocycles. The second kappa shape index (κ2) is 4.69. The Morgan fingerprint density at radius 3 is 2.45 bits per heavy atom. The number of imide groups is 1. The maximum Gasteiger partial charge on any atom is 0.416 e. The first-order valence-corrected chi connectivity index (χ1v) is 5.74. The zero-order chi connectivity index (χ0) is 15.1. The molecule has 1 saturated heterocycles. The Hall–Kier alpha value is -2.25. The van der Waals surface area contributed by atoms with E-state index >= 15 is 0 Å². The molecule has 108 valence electrons. The van der Waals surface area contributed by atoms with E-state index in [2.05, 4.69) is 5.32 Å². The fourth-order valence-electron chi connectivity index (χ4n) is 1.93. The van der Waals surface area contributed by atoms with Gasteiger partial charge in [0, 0.05) is 7.05 Å². The molecule has 0 saturated carbocycles. The van der Waals surface area contributed by atoms with Crippen LogP contribution in [0, 0.1) is 0 Å². The summed E-state index contributed by atoms with van der Waals surface area (Å²) in [7, 11) is 1.35. The number of anilines is 2. The van der Waals surface area contributed by atoms with Gasteiger partial charge in [0.05, 0.1) is 23.4 Å². The lowest BCUT2D eigenvalue weighted by atomic mass is 10.1. The van der Waals surface area contributed by atoms with E-state index in [4.69, 9.17) is 5.73 Å². The number of hydrogen-bond donors (Lipinski definition) is 2. The molecule has 0 spiro atoms. The Kier molecular flexibility index (Phi) is 3.33. The van der Waals surface area contributed by atoms with Gasteiger partial charge in [-0.25, -0.2) is 0 Å². The Labute approximate surface area is 112 Å². The third-order valence-electron chi connectivity index (χ3n) is 3.09. The number of alkyl halides is 3. The van der Waals surface area contributed by atoms with Crippen molar-refractivity contribution >= 4 is 23.2 Å². The molecule has 1 aliphatic heterocycles. The number of hydrogen-bond acceptors (Lipinski definition) is 4. The van der Waals surface area contributed by atoms with Crippen LogP contribution in [0.15, 0.2) is 18.2 Å². The number of benzene rings is 1. The third kappa shape index (κ3) is 2.54. The number of rotatable bonds is 2. The van der Waals surface area contributed by atoms with Crippen molar-refractivity contribution in [1.29, 1.82) is 0 Å². The summed E-state index contributed by atoms with van der Waals surface area (Å²) in [5, 5.41) is 2.69. The van der Waals surface area contributed by atoms with Crippen LogP contribution in [0.4, 0.5) is 24.5 Å². The highest BCUT2D eigenvalue weighted by Crippen LogP contribution is 2.33. The van der Waals surface area contributed by atoms with E-state index in [0.29, 0.717) is 0 Å². The molecule has 1 aromatic carbocycles. The zero-order valence-electron chi connectivity index (χ0n) is 10.5. The fourth-order valence-corrected chi connectivity index (χ4v) is 1.93. The zero-order valence-corrected chi connectivity index (χ0v) is 10.5. The second-order valence-electron chi connectivity index (χ2n) is 4.49. The fraction of sp³-hybridized carbons (Fsp3) is 0.333. The molecule has 20 heavy (non-hydrogen) atoms. The topological polar surface area (TPSA) is 75.4 Å². The number of likely N-dealkylation sites (N-methyl/N-ethyl adjacent to an activating group) is 1. The summed E-state index contributed by atoms with van der Waals surface area (Å²) in [5.41, 5.74) is 4.73. The quantitative estimate of drug-likeness (QED) is 0.638. The maximum atomic E-state index is 12.5. The molecule has 0 aromatic heterocycles. The number of carbonyl (C=O) groups is 2. The minimum atomic E-state index is -4.48. The van der Waals surface area contributed by atoms with Gasteiger partial charge in [0.2, 0.25) is 5.91 Å². The lowest BCUT2D eigenvalue weighted by Crippen LogP contribution is -2.32. The van der Waals surface area contributed by atoms with Crippen LogP contribution in [0.2, 0.25) is 0 Å². The van der Waals surface area contributed by atoms with E-state index < -0.39 is 23.7 Å². The molecule has 1 atom stereocenters. The molecule has 8 heteroatoms. The average Bonchev–Trinajstić information content (AvgIpc) is 2.58. The van der Waals surface area contributed by atoms with Crippen molar-refractivity contribution < 1.29 is 22.8 Å². The van der Waals surface area contributed by atoms with Gasteiger partial charge in [0.15, 0.2) is 0 Å². The molecular formula is C12H12F3N3O2. The maximum absolute atomic E-state index is 12.5. The number of nitrogens with one attached hydrogen (secondary N) is 1. The van der Waals surface area contributed by atoms with Gasteiger partial charge >= 0.3 is 6.18 Å². The first-order valence-electron chi connectivity index (χ1n) is 5.74. The van der Waals surface area contributed by atoms with Crippen LogP contribution in [0.25, 0.3) is 0 Å². The largest absolute Gasteiger partial charge is 0.416 e. The number of likely N-dealkylation sites (tertiary alicyclic amines) is 1. The molecule has 1 heterocycles. The molecule has 1 aliphatic rings. The van der Waals surface area contributed by atoms with Crippen LogP contribution < -0.4 is 11.1 Å². The highest BCUT2D eigenvalue weighted by Gasteiger charge is 2.36. The Balaban J connectivity index is 2.19. The van der Waals surface area contributed by atoms with Crippen LogP contribution in [0.3, 0.4) is 0 Å². The summed E-state index contributed by atoms with van der Waals surface area (Å²) in [4.78, 5) is 24.0. The van der Waals surface area contributed by atoms with Crippen molar-refractivity contribution in [3.05, 3.63) is 23.8 Å². The van der Waals surface area contributed by atoms with Crippen LogP contribution in [0.1, 0.15) is 12.0 Å². The normalized spacial score (nSPS) is 19.6. The average molecular weight is 287 g/mol. The first kappa shape index (κ1) is 14.2. The van der Waals surface area contributed by atoms with Crippen molar-refractivity contribution in [2.24, 2.45) is 0 Å². The van der Waals surface area contributed by atoms with Gasteiger partial charge < -0.3 is 11.1 Å². The smallest absolute Gasteiger partial charge is 0.397 e. The molecule has 2 amide bonds. The molecule has 1 unspecified atom stereocenters. The molecule has 1 fully saturated rings. The number of amides is 2. The van der Waals surface area contributed by atoms with E-state index in [0.717, 1.165) is 23.1 Å². The Morgan fingerprint density at radius 2 is 2.00 bits per heavy atom. The molecule has 3 N–H and O–H groups in total. The highest BCUT2D eigenvalue weighted by atomic mass is 19.4. The van der Waals surface area contributed by atoms with E-state index in [1.54, 1.807) is 0 Å². The Bertz CT molecular complexity index is 572. The van der Waals surface area contributed by atoms with Gasteiger partial charge in [-0.3, -0.25) is 14.5 Å². The lowest BCUT2D eigenvalue weighted by molar-refractivity contribution is -0.138. The first-order chi connectivity index (χ1) is 9.20. The van der Waals surface area contributed by atoms with Gasteiger partial charge in [-0.1, -0.05) is 0 Å². The monoisotopic (exact) mass is 287 g/mol. The summed E-state index contributed by atoms with van der Waals surface area (Å²) in [6.07, 6.45) is -4.53. The standard InChI is InChI=1S/C12H12F3N3O2/c1-18-10(19)5-9(11(18)20)17-8-3-2-6(4-7(8)16)12(13,14)15/h2-4,9,17H,5,16H2,1H3. The van der Waals surface area contributed by atoms with Crippen molar-refractivity contribution in [2.75, 3.05) is 18.1 Å². The van der Waals surface area contributed by atoms with Gasteiger partial charge in [-0.2, -0.15) is 13.2 Å². The minimum Gasteiger partial charge on any atom is -0.397 e. The van der Waals surface area contributed by atoms with Crippen molar-refractivity contribution in [3.63, 3.8) is 0 Å². The van der Waals surface area contributed by atoms with E-state index in [9.17, 15) is 22.8 Å². The molecule has 0 bridgehead atoms. The van der Waals surface area contributed by atoms with E-state index in [1.807, 2.05) is 0 Å². The highest BCUT2D eigenvalue weighted by molar-refractivity contribution is 6.06. The minimum absolute atomic E-state index is 0.0458. The molecule has 2 rings (SSSR count). The molecular weight excluding hydrogens is 275 g/mol. The predicted molar refractivity (Wildman–Crippen MR) is 65.7 cm³/mol. The van der Waals surface area contributed by atoms with Crippen molar-refractivity contribution in [2.45, 2.75) is 18.6 Å². The van der Waals surface area contributed by atoms with Crippen molar-refractivity contribution in [3.8, 4) is 0 Å². The summed E-state index contributed by atoms with van der Waals surface area (Å²) in [6, 6.07) is 2.00. The molecule has 0 radical (unpaired) electrons. The summed E-state index contributed by atoms with van der Waals surface area (Å²) < 4.78 is 37.5. The van der Waals surface area contributed by atoms with Crippen LogP contribution in [0.5, 0.6) is 0 Å². The van der Waals surface area contributed by atoms with Crippen LogP contribution >= 0.6 is 0 Å². The van der Waals surface area contributed by atoms with Gasteiger partial charge in [-0.05, 0) is 18.2 Å². The number of halogens is 3. The van der Waals surface area contributed by atoms with Gasteiger partial charge in [0.1, 0.15) is 6.04 Å². The summed E-state index contributed by atoms with van der Waals surface area (Å²) in [6.45, 7) is 0. The summed E-state index contributed by atoms with van der Waals surface area (Å²) >= 11 is 0. The Morgan fingerprint density at radius 1 is 1.35 bits per heavy atom. The van der Waals surface area contributed by atoms with E-state index in [-0.39, 0.29) is 23.7 Å². The van der Waals surface area contributed by atoms with Gasteiger partial charge in [0.25, 0.3) is 5.91 Å². The van der Waals surface area contributed by atoms with Crippen LogP contribution in [-0.2, 0) is 15.8 Å². The third-order valence-corrected chi connectivity index (χ3v) is 3.09. The van der Waals surface area contributed by atoms with E-state index in [1.165, 1.54) is 7.05 Å². The lowest BCUT2D eigenvalue weighted by Gasteiger charge is -2.15. The number of nitrogens with zero attached hydrogens (tertiary/aromatic N) is 1. The number of nitrogen functional groups attached to an aromatic ring is 1.